The van der Waals surface area contributed by atoms with Gasteiger partial charge >= 0.3 is 0 Å². The van der Waals surface area contributed by atoms with Gasteiger partial charge in [-0.25, -0.2) is 4.39 Å². The van der Waals surface area contributed by atoms with Gasteiger partial charge in [0.1, 0.15) is 11.6 Å². The third-order valence-electron chi connectivity index (χ3n) is 1.49. The molecule has 0 amide bonds. The Hall–Kier alpha value is -0.800. The van der Waals surface area contributed by atoms with Crippen LogP contribution in [0.5, 0.6) is 5.75 Å². The van der Waals surface area contributed by atoms with Gasteiger partial charge in [0, 0.05) is 11.6 Å². The van der Waals surface area contributed by atoms with Crippen LogP contribution in [0.15, 0.2) is 12.1 Å². The van der Waals surface area contributed by atoms with E-state index in [1.807, 2.05) is 0 Å². The van der Waals surface area contributed by atoms with Crippen LogP contribution in [0, 0.1) is 5.82 Å². The van der Waals surface area contributed by atoms with Gasteiger partial charge in [-0.05, 0) is 6.07 Å². The van der Waals surface area contributed by atoms with Crippen molar-refractivity contribution < 1.29 is 14.2 Å². The van der Waals surface area contributed by atoms with Crippen molar-refractivity contribution in [2.24, 2.45) is 0 Å². The molecule has 1 aromatic rings. The lowest BCUT2D eigenvalue weighted by atomic mass is 10.2. The van der Waals surface area contributed by atoms with Gasteiger partial charge < -0.3 is 9.84 Å². The monoisotopic (exact) mass is 190 g/mol. The summed E-state index contributed by atoms with van der Waals surface area (Å²) in [6, 6.07) is 2.49. The van der Waals surface area contributed by atoms with Crippen molar-refractivity contribution >= 4 is 11.6 Å². The van der Waals surface area contributed by atoms with Crippen LogP contribution in [0.25, 0.3) is 0 Å². The lowest BCUT2D eigenvalue weighted by molar-refractivity contribution is 0.275. The van der Waals surface area contributed by atoms with Crippen LogP contribution in [0.3, 0.4) is 0 Å². The molecule has 0 aliphatic heterocycles. The molecule has 1 N–H and O–H groups in total. The van der Waals surface area contributed by atoms with Crippen molar-refractivity contribution in [1.29, 1.82) is 0 Å². The molecule has 0 fully saturated rings. The van der Waals surface area contributed by atoms with E-state index < -0.39 is 5.82 Å². The van der Waals surface area contributed by atoms with Crippen LogP contribution in [-0.4, -0.2) is 12.2 Å². The topological polar surface area (TPSA) is 29.5 Å². The minimum absolute atomic E-state index is 0.167. The lowest BCUT2D eigenvalue weighted by Crippen LogP contribution is -1.92. The summed E-state index contributed by atoms with van der Waals surface area (Å²) < 4.78 is 17.7. The Morgan fingerprint density at radius 2 is 2.25 bits per heavy atom. The zero-order valence-corrected chi connectivity index (χ0v) is 7.23. The van der Waals surface area contributed by atoms with Crippen molar-refractivity contribution in [1.82, 2.24) is 0 Å². The minimum Gasteiger partial charge on any atom is -0.495 e. The third kappa shape index (κ3) is 1.68. The van der Waals surface area contributed by atoms with Crippen molar-refractivity contribution in [3.8, 4) is 5.75 Å². The second-order valence-corrected chi connectivity index (χ2v) is 2.64. The Bertz CT molecular complexity index is 259. The Labute approximate surface area is 74.5 Å². The molecule has 0 saturated carbocycles. The molecule has 1 aromatic carbocycles. The number of halogens is 2. The molecule has 0 aromatic heterocycles. The first kappa shape index (κ1) is 9.29. The maximum absolute atomic E-state index is 12.9. The fourth-order valence-electron chi connectivity index (χ4n) is 0.847. The third-order valence-corrected chi connectivity index (χ3v) is 1.79. The van der Waals surface area contributed by atoms with Crippen LogP contribution in [0.4, 0.5) is 4.39 Å². The quantitative estimate of drug-likeness (QED) is 0.773. The van der Waals surface area contributed by atoms with Gasteiger partial charge in [0.2, 0.25) is 0 Å². The normalized spacial score (nSPS) is 10.0. The molecule has 0 saturated heterocycles. The number of rotatable bonds is 2. The van der Waals surface area contributed by atoms with E-state index in [0.717, 1.165) is 6.07 Å². The van der Waals surface area contributed by atoms with E-state index in [-0.39, 0.29) is 17.9 Å². The largest absolute Gasteiger partial charge is 0.495 e. The smallest absolute Gasteiger partial charge is 0.140 e. The first-order valence-electron chi connectivity index (χ1n) is 3.31. The van der Waals surface area contributed by atoms with Crippen LogP contribution in [0.2, 0.25) is 5.02 Å². The summed E-state index contributed by atoms with van der Waals surface area (Å²) in [5, 5.41) is 8.96. The van der Waals surface area contributed by atoms with E-state index in [4.69, 9.17) is 21.4 Å². The highest BCUT2D eigenvalue weighted by atomic mass is 35.5. The maximum atomic E-state index is 12.9. The predicted molar refractivity (Wildman–Crippen MR) is 43.9 cm³/mol. The lowest BCUT2D eigenvalue weighted by Gasteiger charge is -2.05. The number of ether oxygens (including phenoxy) is 1. The first-order valence-corrected chi connectivity index (χ1v) is 3.69. The van der Waals surface area contributed by atoms with E-state index in [9.17, 15) is 4.39 Å². The number of hydrogen-bond donors (Lipinski definition) is 1. The highest BCUT2D eigenvalue weighted by Gasteiger charge is 2.07. The zero-order chi connectivity index (χ0) is 9.14. The summed E-state index contributed by atoms with van der Waals surface area (Å²) >= 11 is 5.68. The molecule has 4 heteroatoms. The SMILES string of the molecule is COc1cc(F)c(CO)cc1Cl. The summed E-state index contributed by atoms with van der Waals surface area (Å²) in [7, 11) is 1.40. The molecule has 66 valence electrons. The molecule has 0 radical (unpaired) electrons. The van der Waals surface area contributed by atoms with E-state index in [2.05, 4.69) is 0 Å². The van der Waals surface area contributed by atoms with Crippen molar-refractivity contribution in [2.75, 3.05) is 7.11 Å². The molecule has 0 aliphatic carbocycles. The average molecular weight is 191 g/mol. The van der Waals surface area contributed by atoms with Gasteiger partial charge in [0.15, 0.2) is 0 Å². The Morgan fingerprint density at radius 1 is 1.58 bits per heavy atom. The second kappa shape index (κ2) is 3.74. The van der Waals surface area contributed by atoms with Crippen LogP contribution in [0.1, 0.15) is 5.56 Å². The predicted octanol–water partition coefficient (Wildman–Crippen LogP) is 1.98. The first-order chi connectivity index (χ1) is 5.69. The van der Waals surface area contributed by atoms with Crippen LogP contribution < -0.4 is 4.74 Å². The summed E-state index contributed by atoms with van der Waals surface area (Å²) in [4.78, 5) is 0. The van der Waals surface area contributed by atoms with Gasteiger partial charge in [-0.15, -0.1) is 0 Å². The molecule has 0 heterocycles. The van der Waals surface area contributed by atoms with Crippen LogP contribution >= 0.6 is 11.6 Å². The maximum Gasteiger partial charge on any atom is 0.140 e. The molecule has 2 nitrogen and oxygen atoms in total. The Balaban J connectivity index is 3.16. The van der Waals surface area contributed by atoms with E-state index in [0.29, 0.717) is 5.02 Å². The standard InChI is InChI=1S/C8H8ClFO2/c1-12-8-3-7(10)5(4-11)2-6(8)9/h2-3,11H,4H2,1H3. The summed E-state index contributed by atoms with van der Waals surface area (Å²) in [5.74, 6) is -0.245. The molecule has 12 heavy (non-hydrogen) atoms. The fourth-order valence-corrected chi connectivity index (χ4v) is 1.11. The van der Waals surface area contributed by atoms with E-state index in [1.165, 1.54) is 13.2 Å². The van der Waals surface area contributed by atoms with Crippen molar-refractivity contribution in [3.05, 3.63) is 28.5 Å². The van der Waals surface area contributed by atoms with Crippen molar-refractivity contribution in [2.45, 2.75) is 6.61 Å². The number of methoxy groups -OCH3 is 1. The minimum atomic E-state index is -0.515. The van der Waals surface area contributed by atoms with Gasteiger partial charge in [0.25, 0.3) is 0 Å². The molecular weight excluding hydrogens is 183 g/mol. The molecule has 0 atom stereocenters. The molecule has 0 aliphatic rings. The number of aliphatic hydroxyl groups excluding tert-OH is 1. The summed E-state index contributed by atoms with van der Waals surface area (Å²) in [6.45, 7) is -0.366. The molecule has 0 bridgehead atoms. The molecular formula is C8H8ClFO2. The van der Waals surface area contributed by atoms with Gasteiger partial charge in [-0.3, -0.25) is 0 Å². The molecule has 1 rings (SSSR count). The van der Waals surface area contributed by atoms with E-state index in [1.54, 1.807) is 0 Å². The second-order valence-electron chi connectivity index (χ2n) is 2.24. The Kier molecular flexibility index (Phi) is 2.89. The average Bonchev–Trinajstić information content (AvgIpc) is 2.08. The number of hydrogen-bond acceptors (Lipinski definition) is 2. The van der Waals surface area contributed by atoms with E-state index >= 15 is 0 Å². The molecule has 0 unspecified atom stereocenters. The van der Waals surface area contributed by atoms with Crippen LogP contribution in [-0.2, 0) is 6.61 Å². The highest BCUT2D eigenvalue weighted by molar-refractivity contribution is 6.32. The Morgan fingerprint density at radius 3 is 2.75 bits per heavy atom. The van der Waals surface area contributed by atoms with Crippen molar-refractivity contribution in [3.63, 3.8) is 0 Å². The van der Waals surface area contributed by atoms with Gasteiger partial charge in [-0.2, -0.15) is 0 Å². The van der Waals surface area contributed by atoms with Gasteiger partial charge in [0.05, 0.1) is 18.7 Å². The summed E-state index contributed by atoms with van der Waals surface area (Å²) in [6.07, 6.45) is 0. The zero-order valence-electron chi connectivity index (χ0n) is 6.47. The fraction of sp³-hybridized carbons (Fsp3) is 0.250. The summed E-state index contributed by atoms with van der Waals surface area (Å²) in [5.41, 5.74) is 0.167. The number of aliphatic hydroxyl groups is 1. The van der Waals surface area contributed by atoms with Gasteiger partial charge in [-0.1, -0.05) is 11.6 Å². The number of benzene rings is 1. The highest BCUT2D eigenvalue weighted by Crippen LogP contribution is 2.27. The molecule has 0 spiro atoms.